The van der Waals surface area contributed by atoms with E-state index in [1.165, 1.54) is 7.11 Å². The number of methoxy groups -OCH3 is 1. The Hall–Kier alpha value is -1.10. The largest absolute Gasteiger partial charge is 0.496 e. The number of rotatable bonds is 4. The number of halogens is 2. The van der Waals surface area contributed by atoms with Crippen LogP contribution in [0.1, 0.15) is 18.1 Å². The summed E-state index contributed by atoms with van der Waals surface area (Å²) in [5, 5.41) is 8.87. The fourth-order valence-corrected chi connectivity index (χ4v) is 2.23. The van der Waals surface area contributed by atoms with Gasteiger partial charge in [-0.15, -0.1) is 0 Å². The fourth-order valence-electron chi connectivity index (χ4n) is 1.65. The molecule has 0 aliphatic rings. The fraction of sp³-hybridized carbons (Fsp3) is 0.417. The summed E-state index contributed by atoms with van der Waals surface area (Å²) in [7, 11) is 1.45. The zero-order valence-corrected chi connectivity index (χ0v) is 11.5. The van der Waals surface area contributed by atoms with E-state index in [9.17, 15) is 9.18 Å². The quantitative estimate of drug-likeness (QED) is 0.929. The van der Waals surface area contributed by atoms with Crippen molar-refractivity contribution in [2.24, 2.45) is 5.92 Å². The minimum atomic E-state index is -0.884. The molecule has 0 fully saturated rings. The predicted octanol–water partition coefficient (Wildman–Crippen LogP) is 3.17. The van der Waals surface area contributed by atoms with E-state index in [-0.39, 0.29) is 5.82 Å². The normalized spacial score (nSPS) is 12.3. The van der Waals surface area contributed by atoms with Crippen LogP contribution in [0.3, 0.4) is 0 Å². The van der Waals surface area contributed by atoms with Crippen LogP contribution in [0.25, 0.3) is 0 Å². The van der Waals surface area contributed by atoms with Crippen LogP contribution in [-0.2, 0) is 11.2 Å². The smallest absolute Gasteiger partial charge is 0.306 e. The van der Waals surface area contributed by atoms with Gasteiger partial charge in [0, 0.05) is 5.56 Å². The maximum Gasteiger partial charge on any atom is 0.306 e. The Morgan fingerprint density at radius 2 is 2.24 bits per heavy atom. The molecule has 0 spiro atoms. The SMILES string of the molecule is COc1c(CC(C)C(=O)O)cc(Br)c(F)c1C. The van der Waals surface area contributed by atoms with Gasteiger partial charge in [0.15, 0.2) is 0 Å². The Labute approximate surface area is 108 Å². The Bertz CT molecular complexity index is 446. The lowest BCUT2D eigenvalue weighted by Gasteiger charge is -2.15. The Morgan fingerprint density at radius 3 is 2.71 bits per heavy atom. The monoisotopic (exact) mass is 304 g/mol. The molecule has 1 aromatic rings. The van der Waals surface area contributed by atoms with E-state index in [0.29, 0.717) is 27.8 Å². The molecular formula is C12H14BrFO3. The van der Waals surface area contributed by atoms with Gasteiger partial charge in [-0.3, -0.25) is 4.79 Å². The van der Waals surface area contributed by atoms with E-state index in [2.05, 4.69) is 15.9 Å². The highest BCUT2D eigenvalue weighted by atomic mass is 79.9. The summed E-state index contributed by atoms with van der Waals surface area (Å²) < 4.78 is 19.1. The van der Waals surface area contributed by atoms with Gasteiger partial charge in [0.25, 0.3) is 0 Å². The number of carboxylic acid groups (broad SMARTS) is 1. The molecule has 1 atom stereocenters. The zero-order valence-electron chi connectivity index (χ0n) is 9.88. The lowest BCUT2D eigenvalue weighted by atomic mass is 9.98. The molecule has 0 saturated heterocycles. The summed E-state index contributed by atoms with van der Waals surface area (Å²) in [6, 6.07) is 1.57. The van der Waals surface area contributed by atoms with Crippen molar-refractivity contribution >= 4 is 21.9 Å². The molecule has 1 rings (SSSR count). The maximum absolute atomic E-state index is 13.6. The van der Waals surface area contributed by atoms with Crippen molar-refractivity contribution in [3.05, 3.63) is 27.5 Å². The van der Waals surface area contributed by atoms with E-state index in [0.717, 1.165) is 0 Å². The number of hydrogen-bond acceptors (Lipinski definition) is 2. The minimum absolute atomic E-state index is 0.304. The first kappa shape index (κ1) is 14.0. The van der Waals surface area contributed by atoms with Crippen LogP contribution in [0.5, 0.6) is 5.75 Å². The van der Waals surface area contributed by atoms with Crippen LogP contribution < -0.4 is 4.74 Å². The van der Waals surface area contributed by atoms with E-state index in [4.69, 9.17) is 9.84 Å². The summed E-state index contributed by atoms with van der Waals surface area (Å²) in [6.07, 6.45) is 0.304. The molecule has 1 unspecified atom stereocenters. The number of benzene rings is 1. The van der Waals surface area contributed by atoms with Crippen molar-refractivity contribution in [1.29, 1.82) is 0 Å². The number of aliphatic carboxylic acids is 1. The molecule has 0 saturated carbocycles. The topological polar surface area (TPSA) is 46.5 Å². The van der Waals surface area contributed by atoms with Crippen molar-refractivity contribution in [3.63, 3.8) is 0 Å². The third-order valence-corrected chi connectivity index (χ3v) is 3.20. The highest BCUT2D eigenvalue weighted by molar-refractivity contribution is 9.10. The van der Waals surface area contributed by atoms with Crippen LogP contribution in [-0.4, -0.2) is 18.2 Å². The molecule has 5 heteroatoms. The number of ether oxygens (including phenoxy) is 1. The van der Waals surface area contributed by atoms with Crippen molar-refractivity contribution in [2.45, 2.75) is 20.3 Å². The van der Waals surface area contributed by atoms with Gasteiger partial charge in [-0.25, -0.2) is 4.39 Å². The van der Waals surface area contributed by atoms with Crippen LogP contribution >= 0.6 is 15.9 Å². The van der Waals surface area contributed by atoms with Gasteiger partial charge >= 0.3 is 5.97 Å². The van der Waals surface area contributed by atoms with Gasteiger partial charge in [0.2, 0.25) is 0 Å². The molecule has 0 aliphatic heterocycles. The summed E-state index contributed by atoms with van der Waals surface area (Å²) in [5.74, 6) is -1.39. The highest BCUT2D eigenvalue weighted by Crippen LogP contribution is 2.32. The molecule has 0 bridgehead atoms. The van der Waals surface area contributed by atoms with Crippen LogP contribution in [0.15, 0.2) is 10.5 Å². The molecule has 0 amide bonds. The van der Waals surface area contributed by atoms with Gasteiger partial charge in [0.05, 0.1) is 17.5 Å². The molecule has 0 aliphatic carbocycles. The lowest BCUT2D eigenvalue weighted by molar-refractivity contribution is -0.141. The molecule has 17 heavy (non-hydrogen) atoms. The Morgan fingerprint density at radius 1 is 1.65 bits per heavy atom. The van der Waals surface area contributed by atoms with Gasteiger partial charge in [0.1, 0.15) is 11.6 Å². The molecule has 3 nitrogen and oxygen atoms in total. The number of carbonyl (C=O) groups is 1. The van der Waals surface area contributed by atoms with Gasteiger partial charge in [-0.1, -0.05) is 6.92 Å². The lowest BCUT2D eigenvalue weighted by Crippen LogP contribution is -2.13. The van der Waals surface area contributed by atoms with E-state index in [1.807, 2.05) is 0 Å². The first-order chi connectivity index (χ1) is 7.88. The summed E-state index contributed by atoms with van der Waals surface area (Å²) >= 11 is 3.11. The van der Waals surface area contributed by atoms with Crippen LogP contribution in [0.4, 0.5) is 4.39 Å². The molecule has 0 radical (unpaired) electrons. The maximum atomic E-state index is 13.6. The van der Waals surface area contributed by atoms with Gasteiger partial charge < -0.3 is 9.84 Å². The molecule has 1 aromatic carbocycles. The Kier molecular flexibility index (Phi) is 4.51. The van der Waals surface area contributed by atoms with Gasteiger partial charge in [-0.05, 0) is 40.9 Å². The number of carboxylic acids is 1. The summed E-state index contributed by atoms with van der Waals surface area (Å²) in [5.41, 5.74) is 1.07. The molecule has 0 heterocycles. The third-order valence-electron chi connectivity index (χ3n) is 2.62. The average Bonchev–Trinajstić information content (AvgIpc) is 2.26. The van der Waals surface area contributed by atoms with Crippen LogP contribution in [0.2, 0.25) is 0 Å². The predicted molar refractivity (Wildman–Crippen MR) is 65.9 cm³/mol. The van der Waals surface area contributed by atoms with Gasteiger partial charge in [-0.2, -0.15) is 0 Å². The highest BCUT2D eigenvalue weighted by Gasteiger charge is 2.19. The van der Waals surface area contributed by atoms with Crippen molar-refractivity contribution in [2.75, 3.05) is 7.11 Å². The van der Waals surface area contributed by atoms with E-state index in [1.54, 1.807) is 19.9 Å². The van der Waals surface area contributed by atoms with Crippen molar-refractivity contribution in [3.8, 4) is 5.75 Å². The summed E-state index contributed by atoms with van der Waals surface area (Å²) in [6.45, 7) is 3.21. The summed E-state index contributed by atoms with van der Waals surface area (Å²) in [4.78, 5) is 10.8. The van der Waals surface area contributed by atoms with Crippen LogP contribution in [0, 0.1) is 18.7 Å². The van der Waals surface area contributed by atoms with E-state index < -0.39 is 11.9 Å². The minimum Gasteiger partial charge on any atom is -0.496 e. The second-order valence-electron chi connectivity index (χ2n) is 3.93. The molecule has 1 N–H and O–H groups in total. The molecule has 94 valence electrons. The number of hydrogen-bond donors (Lipinski definition) is 1. The average molecular weight is 305 g/mol. The van der Waals surface area contributed by atoms with Crippen molar-refractivity contribution in [1.82, 2.24) is 0 Å². The third kappa shape index (κ3) is 2.97. The molecular weight excluding hydrogens is 291 g/mol. The first-order valence-corrected chi connectivity index (χ1v) is 5.92. The Balaban J connectivity index is 3.19. The first-order valence-electron chi connectivity index (χ1n) is 5.12. The molecule has 0 aromatic heterocycles. The van der Waals surface area contributed by atoms with Crippen molar-refractivity contribution < 1.29 is 19.0 Å². The van der Waals surface area contributed by atoms with E-state index >= 15 is 0 Å². The standard InChI is InChI=1S/C12H14BrFO3/c1-6(12(15)16)4-8-5-9(13)10(14)7(2)11(8)17-3/h5-6H,4H2,1-3H3,(H,15,16). The zero-order chi connectivity index (χ0) is 13.2. The second-order valence-corrected chi connectivity index (χ2v) is 4.79. The second kappa shape index (κ2) is 5.49.